The van der Waals surface area contributed by atoms with Gasteiger partial charge in [0.15, 0.2) is 5.69 Å². The SMILES string of the molecule is COc1ccc(C2Cn3nnc(C(=O)NCc4ccc(C(C)C)cc4)c3CO2)cc1. The fraction of sp³-hybridized carbons (Fsp3) is 0.348. The van der Waals surface area contributed by atoms with Crippen LogP contribution in [-0.4, -0.2) is 28.0 Å². The van der Waals surface area contributed by atoms with Crippen LogP contribution in [0.25, 0.3) is 0 Å². The van der Waals surface area contributed by atoms with Crippen LogP contribution in [0.1, 0.15) is 58.7 Å². The molecular formula is C23H26N4O3. The molecule has 0 fully saturated rings. The second-order valence-electron chi connectivity index (χ2n) is 7.72. The Bertz CT molecular complexity index is 1010. The molecule has 2 heterocycles. The molecule has 0 bridgehead atoms. The molecule has 7 nitrogen and oxygen atoms in total. The molecule has 30 heavy (non-hydrogen) atoms. The van der Waals surface area contributed by atoms with Gasteiger partial charge in [-0.25, -0.2) is 4.68 Å². The predicted molar refractivity (Wildman–Crippen MR) is 112 cm³/mol. The van der Waals surface area contributed by atoms with E-state index >= 15 is 0 Å². The zero-order valence-electron chi connectivity index (χ0n) is 17.5. The van der Waals surface area contributed by atoms with Crippen LogP contribution >= 0.6 is 0 Å². The number of hydrogen-bond acceptors (Lipinski definition) is 5. The Hall–Kier alpha value is -3.19. The summed E-state index contributed by atoms with van der Waals surface area (Å²) < 4.78 is 12.9. The number of nitrogens with one attached hydrogen (secondary N) is 1. The van der Waals surface area contributed by atoms with E-state index in [2.05, 4.69) is 41.6 Å². The zero-order valence-corrected chi connectivity index (χ0v) is 17.5. The van der Waals surface area contributed by atoms with Crippen molar-refractivity contribution in [1.82, 2.24) is 20.3 Å². The van der Waals surface area contributed by atoms with Gasteiger partial charge in [0.25, 0.3) is 5.91 Å². The zero-order chi connectivity index (χ0) is 21.1. The number of carbonyl (C=O) groups is 1. The lowest BCUT2D eigenvalue weighted by molar-refractivity contribution is -0.00179. The van der Waals surface area contributed by atoms with E-state index in [0.717, 1.165) is 16.9 Å². The Kier molecular flexibility index (Phi) is 5.81. The molecule has 3 aromatic rings. The third kappa shape index (κ3) is 4.21. The topological polar surface area (TPSA) is 78.3 Å². The average Bonchev–Trinajstić information content (AvgIpc) is 3.21. The summed E-state index contributed by atoms with van der Waals surface area (Å²) in [7, 11) is 1.64. The van der Waals surface area contributed by atoms with E-state index in [0.29, 0.717) is 30.4 Å². The number of fused-ring (bicyclic) bond motifs is 1. The molecule has 1 aromatic heterocycles. The van der Waals surface area contributed by atoms with Gasteiger partial charge in [0.2, 0.25) is 0 Å². The van der Waals surface area contributed by atoms with E-state index in [1.54, 1.807) is 11.8 Å². The van der Waals surface area contributed by atoms with Gasteiger partial charge in [0.1, 0.15) is 11.9 Å². The fourth-order valence-corrected chi connectivity index (χ4v) is 3.49. The third-order valence-corrected chi connectivity index (χ3v) is 5.40. The summed E-state index contributed by atoms with van der Waals surface area (Å²) in [6.45, 7) is 5.56. The summed E-state index contributed by atoms with van der Waals surface area (Å²) in [5.41, 5.74) is 4.38. The lowest BCUT2D eigenvalue weighted by Gasteiger charge is -2.24. The minimum Gasteiger partial charge on any atom is -0.497 e. The van der Waals surface area contributed by atoms with Crippen LogP contribution in [0, 0.1) is 0 Å². The fourth-order valence-electron chi connectivity index (χ4n) is 3.49. The van der Waals surface area contributed by atoms with Crippen molar-refractivity contribution >= 4 is 5.91 Å². The standard InChI is InChI=1S/C23H26N4O3/c1-15(2)17-6-4-16(5-7-17)12-24-23(28)22-20-14-30-21(13-27(20)26-25-22)18-8-10-19(29-3)11-9-18/h4-11,15,21H,12-14H2,1-3H3,(H,24,28). The first kappa shape index (κ1) is 20.1. The van der Waals surface area contributed by atoms with E-state index in [-0.39, 0.29) is 18.6 Å². The summed E-state index contributed by atoms with van der Waals surface area (Å²) in [5.74, 6) is 1.04. The quantitative estimate of drug-likeness (QED) is 0.677. The number of hydrogen-bond donors (Lipinski definition) is 1. The van der Waals surface area contributed by atoms with Gasteiger partial charge in [-0.05, 0) is 34.7 Å². The van der Waals surface area contributed by atoms with Gasteiger partial charge in [0, 0.05) is 6.54 Å². The van der Waals surface area contributed by atoms with Gasteiger partial charge in [-0.15, -0.1) is 5.10 Å². The highest BCUT2D eigenvalue weighted by atomic mass is 16.5. The molecule has 156 valence electrons. The summed E-state index contributed by atoms with van der Waals surface area (Å²) in [4.78, 5) is 12.7. The van der Waals surface area contributed by atoms with Crippen molar-refractivity contribution in [3.63, 3.8) is 0 Å². The minimum atomic E-state index is -0.240. The molecule has 0 spiro atoms. The first-order chi connectivity index (χ1) is 14.5. The summed E-state index contributed by atoms with van der Waals surface area (Å²) >= 11 is 0. The Morgan fingerprint density at radius 3 is 2.60 bits per heavy atom. The van der Waals surface area contributed by atoms with Crippen LogP contribution in [0.3, 0.4) is 0 Å². The van der Waals surface area contributed by atoms with Gasteiger partial charge in [0.05, 0.1) is 26.0 Å². The molecule has 0 saturated carbocycles. The number of benzene rings is 2. The van der Waals surface area contributed by atoms with Gasteiger partial charge < -0.3 is 14.8 Å². The first-order valence-electron chi connectivity index (χ1n) is 10.1. The Labute approximate surface area is 176 Å². The number of carbonyl (C=O) groups excluding carboxylic acids is 1. The molecule has 7 heteroatoms. The molecule has 1 aliphatic heterocycles. The maximum absolute atomic E-state index is 12.7. The smallest absolute Gasteiger partial charge is 0.274 e. The summed E-state index contributed by atoms with van der Waals surface area (Å²) in [6.07, 6.45) is -0.138. The predicted octanol–water partition coefficient (Wildman–Crippen LogP) is 3.61. The lowest BCUT2D eigenvalue weighted by Crippen LogP contribution is -2.27. The maximum atomic E-state index is 12.7. The largest absolute Gasteiger partial charge is 0.497 e. The van der Waals surface area contributed by atoms with Gasteiger partial charge in [-0.3, -0.25) is 4.79 Å². The number of ether oxygens (including phenoxy) is 2. The van der Waals surface area contributed by atoms with E-state index in [1.165, 1.54) is 5.56 Å². The van der Waals surface area contributed by atoms with Crippen LogP contribution in [0.15, 0.2) is 48.5 Å². The van der Waals surface area contributed by atoms with Crippen LogP contribution < -0.4 is 10.1 Å². The second-order valence-corrected chi connectivity index (χ2v) is 7.72. The van der Waals surface area contributed by atoms with E-state index in [9.17, 15) is 4.79 Å². The molecule has 4 rings (SSSR count). The molecule has 2 aromatic carbocycles. The van der Waals surface area contributed by atoms with E-state index < -0.39 is 0 Å². The molecule has 1 atom stereocenters. The summed E-state index contributed by atoms with van der Waals surface area (Å²) in [6, 6.07) is 16.0. The minimum absolute atomic E-state index is 0.138. The number of rotatable bonds is 6. The van der Waals surface area contributed by atoms with Crippen molar-refractivity contribution in [2.45, 2.75) is 45.6 Å². The van der Waals surface area contributed by atoms with Gasteiger partial charge >= 0.3 is 0 Å². The lowest BCUT2D eigenvalue weighted by atomic mass is 10.0. The van der Waals surface area contributed by atoms with Crippen molar-refractivity contribution in [2.24, 2.45) is 0 Å². The molecule has 1 amide bonds. The molecule has 0 radical (unpaired) electrons. The van der Waals surface area contributed by atoms with Gasteiger partial charge in [-0.2, -0.15) is 0 Å². The Balaban J connectivity index is 1.39. The van der Waals surface area contributed by atoms with Gasteiger partial charge in [-0.1, -0.05) is 55.5 Å². The number of amides is 1. The maximum Gasteiger partial charge on any atom is 0.274 e. The van der Waals surface area contributed by atoms with Crippen LogP contribution in [0.4, 0.5) is 0 Å². The van der Waals surface area contributed by atoms with E-state index in [4.69, 9.17) is 9.47 Å². The Morgan fingerprint density at radius 2 is 1.93 bits per heavy atom. The van der Waals surface area contributed by atoms with Crippen LogP contribution in [0.2, 0.25) is 0 Å². The number of nitrogens with zero attached hydrogens (tertiary/aromatic N) is 3. The summed E-state index contributed by atoms with van der Waals surface area (Å²) in [5, 5.41) is 11.2. The van der Waals surface area contributed by atoms with Crippen molar-refractivity contribution in [2.75, 3.05) is 7.11 Å². The first-order valence-corrected chi connectivity index (χ1v) is 10.1. The van der Waals surface area contributed by atoms with Crippen molar-refractivity contribution in [3.8, 4) is 5.75 Å². The molecule has 1 N–H and O–H groups in total. The highest BCUT2D eigenvalue weighted by Gasteiger charge is 2.27. The highest BCUT2D eigenvalue weighted by Crippen LogP contribution is 2.28. The third-order valence-electron chi connectivity index (χ3n) is 5.40. The average molecular weight is 406 g/mol. The number of methoxy groups -OCH3 is 1. The second kappa shape index (κ2) is 8.67. The monoisotopic (exact) mass is 406 g/mol. The van der Waals surface area contributed by atoms with Crippen LogP contribution in [-0.2, 0) is 24.4 Å². The van der Waals surface area contributed by atoms with Crippen molar-refractivity contribution in [3.05, 3.63) is 76.6 Å². The normalized spacial score (nSPS) is 15.7. The number of aromatic nitrogens is 3. The van der Waals surface area contributed by atoms with Crippen molar-refractivity contribution in [1.29, 1.82) is 0 Å². The molecule has 0 aliphatic carbocycles. The van der Waals surface area contributed by atoms with Crippen LogP contribution in [0.5, 0.6) is 5.75 Å². The molecular weight excluding hydrogens is 380 g/mol. The van der Waals surface area contributed by atoms with E-state index in [1.807, 2.05) is 36.4 Å². The Morgan fingerprint density at radius 1 is 1.20 bits per heavy atom. The molecule has 1 unspecified atom stereocenters. The molecule has 1 aliphatic rings. The molecule has 0 saturated heterocycles. The highest BCUT2D eigenvalue weighted by molar-refractivity contribution is 5.93. The van der Waals surface area contributed by atoms with Crippen molar-refractivity contribution < 1.29 is 14.3 Å².